The molecular weight excluding hydrogens is 344 g/mol. The van der Waals surface area contributed by atoms with Crippen LogP contribution in [0.15, 0.2) is 78.9 Å². The van der Waals surface area contributed by atoms with Gasteiger partial charge >= 0.3 is 0 Å². The Labute approximate surface area is 156 Å². The number of anilines is 1. The van der Waals surface area contributed by atoms with Gasteiger partial charge in [-0.3, -0.25) is 14.9 Å². The van der Waals surface area contributed by atoms with E-state index in [2.05, 4.69) is 5.32 Å². The lowest BCUT2D eigenvalue weighted by molar-refractivity contribution is -0.383. The van der Waals surface area contributed by atoms with Crippen molar-refractivity contribution in [2.45, 2.75) is 13.0 Å². The maximum atomic E-state index is 12.3. The van der Waals surface area contributed by atoms with Crippen LogP contribution >= 0.6 is 0 Å². The van der Waals surface area contributed by atoms with E-state index in [1.54, 1.807) is 31.2 Å². The van der Waals surface area contributed by atoms with Crippen molar-refractivity contribution >= 4 is 17.3 Å². The summed E-state index contributed by atoms with van der Waals surface area (Å²) in [4.78, 5) is 22.8. The van der Waals surface area contributed by atoms with E-state index in [-0.39, 0.29) is 11.4 Å². The summed E-state index contributed by atoms with van der Waals surface area (Å²) in [6.45, 7) is 1.59. The molecule has 0 aliphatic carbocycles. The third-order valence-electron chi connectivity index (χ3n) is 4.00. The molecule has 136 valence electrons. The molecule has 1 N–H and O–H groups in total. The quantitative estimate of drug-likeness (QED) is 0.510. The molecule has 3 aromatic rings. The average Bonchev–Trinajstić information content (AvgIpc) is 2.69. The summed E-state index contributed by atoms with van der Waals surface area (Å²) in [6.07, 6.45) is -0.813. The highest BCUT2D eigenvalue weighted by atomic mass is 16.6. The molecule has 0 aliphatic rings. The Bertz CT molecular complexity index is 940. The van der Waals surface area contributed by atoms with Crippen molar-refractivity contribution in [3.05, 3.63) is 89.0 Å². The minimum Gasteiger partial charge on any atom is -0.481 e. The summed E-state index contributed by atoms with van der Waals surface area (Å²) >= 11 is 0. The first-order valence-corrected chi connectivity index (χ1v) is 8.41. The zero-order chi connectivity index (χ0) is 19.2. The molecule has 0 unspecified atom stereocenters. The van der Waals surface area contributed by atoms with Crippen LogP contribution < -0.4 is 10.1 Å². The molecule has 1 amide bonds. The van der Waals surface area contributed by atoms with Gasteiger partial charge in [-0.25, -0.2) is 0 Å². The highest BCUT2D eigenvalue weighted by Gasteiger charge is 2.19. The summed E-state index contributed by atoms with van der Waals surface area (Å²) in [6, 6.07) is 23.3. The van der Waals surface area contributed by atoms with Gasteiger partial charge in [0.15, 0.2) is 6.10 Å². The fourth-order valence-electron chi connectivity index (χ4n) is 2.59. The highest BCUT2D eigenvalue weighted by molar-refractivity contribution is 5.96. The van der Waals surface area contributed by atoms with Crippen LogP contribution in [0.2, 0.25) is 0 Å². The summed E-state index contributed by atoms with van der Waals surface area (Å²) in [5.41, 5.74) is 2.11. The predicted molar refractivity (Wildman–Crippen MR) is 104 cm³/mol. The molecule has 0 heterocycles. The smallest absolute Gasteiger partial charge is 0.292 e. The SMILES string of the molecule is C[C@H](Oc1ccc(-c2ccccc2)cc1)C(=O)Nc1ccccc1[N+](=O)[O-]. The van der Waals surface area contributed by atoms with Crippen LogP contribution in [0, 0.1) is 10.1 Å². The van der Waals surface area contributed by atoms with Gasteiger partial charge in [0.05, 0.1) is 4.92 Å². The molecule has 3 rings (SSSR count). The minimum absolute atomic E-state index is 0.141. The van der Waals surface area contributed by atoms with Crippen molar-refractivity contribution in [1.82, 2.24) is 0 Å². The van der Waals surface area contributed by atoms with Crippen molar-refractivity contribution < 1.29 is 14.5 Å². The van der Waals surface area contributed by atoms with Crippen molar-refractivity contribution in [2.75, 3.05) is 5.32 Å². The molecule has 27 heavy (non-hydrogen) atoms. The van der Waals surface area contributed by atoms with Crippen LogP contribution in [0.3, 0.4) is 0 Å². The van der Waals surface area contributed by atoms with Crippen molar-refractivity contribution in [1.29, 1.82) is 0 Å². The van der Waals surface area contributed by atoms with E-state index in [9.17, 15) is 14.9 Å². The molecule has 0 saturated carbocycles. The summed E-state index contributed by atoms with van der Waals surface area (Å²) in [5.74, 6) is 0.0799. The number of carbonyl (C=O) groups is 1. The standard InChI is InChI=1S/C21H18N2O4/c1-15(21(24)22-19-9-5-6-10-20(19)23(25)26)27-18-13-11-17(12-14-18)16-7-3-2-4-8-16/h2-15H,1H3,(H,22,24)/t15-/m0/s1. The van der Waals surface area contributed by atoms with Gasteiger partial charge in [-0.05, 0) is 36.2 Å². The van der Waals surface area contributed by atoms with E-state index < -0.39 is 16.9 Å². The minimum atomic E-state index is -0.813. The molecule has 6 heteroatoms. The first-order chi connectivity index (χ1) is 13.0. The highest BCUT2D eigenvalue weighted by Crippen LogP contribution is 2.25. The van der Waals surface area contributed by atoms with Crippen LogP contribution in [0.1, 0.15) is 6.92 Å². The fraction of sp³-hybridized carbons (Fsp3) is 0.0952. The van der Waals surface area contributed by atoms with E-state index in [1.807, 2.05) is 42.5 Å². The molecule has 1 atom stereocenters. The first-order valence-electron chi connectivity index (χ1n) is 8.41. The van der Waals surface area contributed by atoms with Gasteiger partial charge in [-0.1, -0.05) is 54.6 Å². The predicted octanol–water partition coefficient (Wildman–Crippen LogP) is 4.67. The van der Waals surface area contributed by atoms with Crippen molar-refractivity contribution in [2.24, 2.45) is 0 Å². The lowest BCUT2D eigenvalue weighted by Crippen LogP contribution is -2.30. The maximum Gasteiger partial charge on any atom is 0.292 e. The van der Waals surface area contributed by atoms with Crippen LogP contribution in [0.4, 0.5) is 11.4 Å². The monoisotopic (exact) mass is 362 g/mol. The van der Waals surface area contributed by atoms with Crippen LogP contribution in [-0.4, -0.2) is 16.9 Å². The summed E-state index contributed by atoms with van der Waals surface area (Å²) in [5, 5.41) is 13.6. The number of nitro groups is 1. The van der Waals surface area contributed by atoms with Crippen LogP contribution in [0.5, 0.6) is 5.75 Å². The average molecular weight is 362 g/mol. The number of rotatable bonds is 6. The van der Waals surface area contributed by atoms with Gasteiger partial charge in [-0.2, -0.15) is 0 Å². The van der Waals surface area contributed by atoms with Gasteiger partial charge in [-0.15, -0.1) is 0 Å². The Morgan fingerprint density at radius 1 is 0.926 bits per heavy atom. The molecule has 0 aliphatic heterocycles. The maximum absolute atomic E-state index is 12.3. The summed E-state index contributed by atoms with van der Waals surface area (Å²) in [7, 11) is 0. The lowest BCUT2D eigenvalue weighted by atomic mass is 10.1. The number of hydrogen-bond donors (Lipinski definition) is 1. The van der Waals surface area contributed by atoms with Crippen LogP contribution in [-0.2, 0) is 4.79 Å². The zero-order valence-electron chi connectivity index (χ0n) is 14.7. The van der Waals surface area contributed by atoms with Gasteiger partial charge in [0, 0.05) is 6.07 Å². The fourth-order valence-corrected chi connectivity index (χ4v) is 2.59. The number of hydrogen-bond acceptors (Lipinski definition) is 4. The second-order valence-electron chi connectivity index (χ2n) is 5.91. The van der Waals surface area contributed by atoms with Gasteiger partial charge < -0.3 is 10.1 Å². The molecule has 0 bridgehead atoms. The molecular formula is C21H18N2O4. The Morgan fingerprint density at radius 2 is 1.52 bits per heavy atom. The Kier molecular flexibility index (Phi) is 5.47. The third kappa shape index (κ3) is 4.49. The van der Waals surface area contributed by atoms with Crippen LogP contribution in [0.25, 0.3) is 11.1 Å². The largest absolute Gasteiger partial charge is 0.481 e. The number of benzene rings is 3. The number of nitrogens with one attached hydrogen (secondary N) is 1. The van der Waals surface area contributed by atoms with Gasteiger partial charge in [0.2, 0.25) is 0 Å². The Hall–Kier alpha value is -3.67. The number of ether oxygens (including phenoxy) is 1. The zero-order valence-corrected chi connectivity index (χ0v) is 14.7. The second-order valence-corrected chi connectivity index (χ2v) is 5.91. The van der Waals surface area contributed by atoms with E-state index >= 15 is 0 Å². The molecule has 0 aromatic heterocycles. The van der Waals surface area contributed by atoms with Gasteiger partial charge in [0.25, 0.3) is 11.6 Å². The number of carbonyl (C=O) groups excluding carboxylic acids is 1. The van der Waals surface area contributed by atoms with E-state index in [0.717, 1.165) is 11.1 Å². The van der Waals surface area contributed by atoms with E-state index in [0.29, 0.717) is 5.75 Å². The third-order valence-corrected chi connectivity index (χ3v) is 4.00. The number of nitro benzene ring substituents is 1. The Morgan fingerprint density at radius 3 is 2.19 bits per heavy atom. The molecule has 0 fully saturated rings. The Balaban J connectivity index is 1.66. The summed E-state index contributed by atoms with van der Waals surface area (Å²) < 4.78 is 5.66. The van der Waals surface area contributed by atoms with E-state index in [1.165, 1.54) is 12.1 Å². The van der Waals surface area contributed by atoms with Gasteiger partial charge in [0.1, 0.15) is 11.4 Å². The molecule has 0 saturated heterocycles. The van der Waals surface area contributed by atoms with Crippen molar-refractivity contribution in [3.8, 4) is 16.9 Å². The molecule has 0 radical (unpaired) electrons. The molecule has 0 spiro atoms. The number of nitrogens with zero attached hydrogens (tertiary/aromatic N) is 1. The molecule has 6 nitrogen and oxygen atoms in total. The molecule has 3 aromatic carbocycles. The van der Waals surface area contributed by atoms with E-state index in [4.69, 9.17) is 4.74 Å². The van der Waals surface area contributed by atoms with Crippen molar-refractivity contribution in [3.63, 3.8) is 0 Å². The lowest BCUT2D eigenvalue weighted by Gasteiger charge is -2.15. The topological polar surface area (TPSA) is 81.5 Å². The normalized spacial score (nSPS) is 11.4. The number of amides is 1. The first kappa shape index (κ1) is 18.1. The second kappa shape index (κ2) is 8.14. The number of para-hydroxylation sites is 2.